The third kappa shape index (κ3) is 4.34. The summed E-state index contributed by atoms with van der Waals surface area (Å²) in [5.74, 6) is 1.82. The number of nitrogens with one attached hydrogen (secondary N) is 3. The van der Waals surface area contributed by atoms with Crippen molar-refractivity contribution in [2.24, 2.45) is 5.73 Å². The molecular formula is C26H24FN7O2. The largest absolute Gasteiger partial charge is 0.455 e. The van der Waals surface area contributed by atoms with Gasteiger partial charge in [0, 0.05) is 36.5 Å². The van der Waals surface area contributed by atoms with E-state index in [9.17, 15) is 4.39 Å². The van der Waals surface area contributed by atoms with Gasteiger partial charge in [-0.2, -0.15) is 0 Å². The van der Waals surface area contributed by atoms with E-state index >= 15 is 0 Å². The number of halogens is 1. The van der Waals surface area contributed by atoms with Crippen LogP contribution in [0.15, 0.2) is 54.6 Å². The zero-order valence-corrected chi connectivity index (χ0v) is 19.3. The number of fused-ring (bicyclic) bond motifs is 2. The second-order valence-corrected chi connectivity index (χ2v) is 8.69. The van der Waals surface area contributed by atoms with Crippen molar-refractivity contribution in [3.05, 3.63) is 77.6 Å². The predicted molar refractivity (Wildman–Crippen MR) is 136 cm³/mol. The van der Waals surface area contributed by atoms with Crippen molar-refractivity contribution in [2.75, 3.05) is 31.2 Å². The van der Waals surface area contributed by atoms with Crippen LogP contribution < -0.4 is 15.4 Å². The molecule has 0 aliphatic carbocycles. The summed E-state index contributed by atoms with van der Waals surface area (Å²) >= 11 is 0. The van der Waals surface area contributed by atoms with Crippen LogP contribution in [0.3, 0.4) is 0 Å². The fourth-order valence-electron chi connectivity index (χ4n) is 4.43. The molecule has 1 aliphatic heterocycles. The Morgan fingerprint density at radius 3 is 2.67 bits per heavy atom. The minimum atomic E-state index is -0.419. The molecule has 0 saturated carbocycles. The lowest BCUT2D eigenvalue weighted by Gasteiger charge is -2.29. The van der Waals surface area contributed by atoms with E-state index < -0.39 is 5.82 Å². The molecular weight excluding hydrogens is 461 g/mol. The Morgan fingerprint density at radius 2 is 1.83 bits per heavy atom. The van der Waals surface area contributed by atoms with Crippen molar-refractivity contribution in [2.45, 2.75) is 6.42 Å². The van der Waals surface area contributed by atoms with Crippen LogP contribution in [-0.2, 0) is 11.2 Å². The number of morpholine rings is 1. The maximum absolute atomic E-state index is 14.5. The summed E-state index contributed by atoms with van der Waals surface area (Å²) in [4.78, 5) is 18.0. The molecule has 6 rings (SSSR count). The second kappa shape index (κ2) is 8.97. The Balaban J connectivity index is 1.28. The van der Waals surface area contributed by atoms with Gasteiger partial charge in [0.1, 0.15) is 34.6 Å². The first-order chi connectivity index (χ1) is 17.5. The van der Waals surface area contributed by atoms with Crippen LogP contribution in [-0.4, -0.2) is 52.1 Å². The van der Waals surface area contributed by atoms with E-state index in [2.05, 4.69) is 24.8 Å². The number of nitrogen functional groups attached to an aromatic ring is 1. The van der Waals surface area contributed by atoms with E-state index in [0.717, 1.165) is 24.3 Å². The van der Waals surface area contributed by atoms with Gasteiger partial charge in [0.2, 0.25) is 0 Å². The second-order valence-electron chi connectivity index (χ2n) is 8.69. The van der Waals surface area contributed by atoms with Gasteiger partial charge in [-0.25, -0.2) is 14.4 Å². The summed E-state index contributed by atoms with van der Waals surface area (Å²) in [6, 6.07) is 15.9. The van der Waals surface area contributed by atoms with Gasteiger partial charge in [-0.1, -0.05) is 6.07 Å². The molecule has 2 aromatic heterocycles. The lowest BCUT2D eigenvalue weighted by Crippen LogP contribution is -2.36. The van der Waals surface area contributed by atoms with Crippen LogP contribution >= 0.6 is 0 Å². The van der Waals surface area contributed by atoms with Crippen molar-refractivity contribution < 1.29 is 13.9 Å². The zero-order chi connectivity index (χ0) is 24.6. The highest BCUT2D eigenvalue weighted by Gasteiger charge is 2.16. The molecule has 3 heterocycles. The molecule has 0 atom stereocenters. The normalized spacial score (nSPS) is 14.0. The van der Waals surface area contributed by atoms with E-state index in [4.69, 9.17) is 20.6 Å². The third-order valence-corrected chi connectivity index (χ3v) is 6.17. The van der Waals surface area contributed by atoms with E-state index in [0.29, 0.717) is 64.9 Å². The molecule has 182 valence electrons. The van der Waals surface area contributed by atoms with Crippen LogP contribution in [0.1, 0.15) is 17.2 Å². The quantitative estimate of drug-likeness (QED) is 0.212. The average Bonchev–Trinajstić information content (AvgIpc) is 3.47. The number of hydrogen-bond donors (Lipinski definition) is 4. The standard InChI is InChI=1S/C26H24FN7O2/c27-16-11-21-25(22(12-16)36-18-3-1-2-17(13-18)34-6-8-35-9-7-34)33-24(32-21)14-23-30-19-5-4-15(26(28)29)10-20(19)31-23/h1-5,10-13H,6-9,14H2,(H3,28,29)(H,30,31)(H,32,33). The van der Waals surface area contributed by atoms with Gasteiger partial charge < -0.3 is 30.1 Å². The van der Waals surface area contributed by atoms with Crippen molar-refractivity contribution >= 4 is 33.6 Å². The summed E-state index contributed by atoms with van der Waals surface area (Å²) < 4.78 is 26.0. The summed E-state index contributed by atoms with van der Waals surface area (Å²) in [5.41, 5.74) is 9.86. The molecule has 1 aliphatic rings. The number of rotatable bonds is 6. The van der Waals surface area contributed by atoms with E-state index in [1.165, 1.54) is 12.1 Å². The summed E-state index contributed by atoms with van der Waals surface area (Å²) in [6.45, 7) is 3.01. The molecule has 9 nitrogen and oxygen atoms in total. The van der Waals surface area contributed by atoms with Gasteiger partial charge >= 0.3 is 0 Å². The van der Waals surface area contributed by atoms with Crippen molar-refractivity contribution in [3.63, 3.8) is 0 Å². The van der Waals surface area contributed by atoms with Crippen LogP contribution in [0.5, 0.6) is 11.5 Å². The number of hydrogen-bond acceptors (Lipinski definition) is 6. The average molecular weight is 486 g/mol. The minimum Gasteiger partial charge on any atom is -0.455 e. The van der Waals surface area contributed by atoms with Crippen LogP contribution in [0.4, 0.5) is 10.1 Å². The Hall–Kier alpha value is -4.44. The highest BCUT2D eigenvalue weighted by molar-refractivity contribution is 5.97. The van der Waals surface area contributed by atoms with Crippen LogP contribution in [0.2, 0.25) is 0 Å². The Labute approximate surface area is 205 Å². The highest BCUT2D eigenvalue weighted by atomic mass is 19.1. The third-order valence-electron chi connectivity index (χ3n) is 6.17. The van der Waals surface area contributed by atoms with Gasteiger partial charge in [0.05, 0.1) is 36.2 Å². The first kappa shape index (κ1) is 22.1. The first-order valence-electron chi connectivity index (χ1n) is 11.6. The van der Waals surface area contributed by atoms with Gasteiger partial charge in [0.15, 0.2) is 5.75 Å². The number of amidine groups is 1. The van der Waals surface area contributed by atoms with Gasteiger partial charge in [-0.05, 0) is 36.4 Å². The molecule has 0 unspecified atom stereocenters. The number of benzene rings is 3. The SMILES string of the molecule is N=C(N)c1ccc2[nH]c(Cc3nc4c(Oc5cccc(N6CCOCC6)c5)cc(F)cc4[nH]3)nc2c1. The maximum atomic E-state index is 14.5. The topological polar surface area (TPSA) is 129 Å². The Morgan fingerprint density at radius 1 is 1.03 bits per heavy atom. The van der Waals surface area contributed by atoms with Gasteiger partial charge in [-0.15, -0.1) is 0 Å². The minimum absolute atomic E-state index is 0.0104. The molecule has 10 heteroatoms. The number of aromatic amines is 2. The number of H-pyrrole nitrogens is 2. The number of imidazole rings is 2. The van der Waals surface area contributed by atoms with Gasteiger partial charge in [-0.3, -0.25) is 5.41 Å². The van der Waals surface area contributed by atoms with Crippen molar-refractivity contribution in [1.82, 2.24) is 19.9 Å². The smallest absolute Gasteiger partial charge is 0.158 e. The molecule has 0 bridgehead atoms. The molecule has 1 saturated heterocycles. The van der Waals surface area contributed by atoms with Crippen molar-refractivity contribution in [1.29, 1.82) is 5.41 Å². The fraction of sp³-hybridized carbons (Fsp3) is 0.192. The van der Waals surface area contributed by atoms with E-state index in [1.807, 2.05) is 30.3 Å². The monoisotopic (exact) mass is 485 g/mol. The molecule has 1 fully saturated rings. The molecule has 0 spiro atoms. The zero-order valence-electron chi connectivity index (χ0n) is 19.3. The fourth-order valence-corrected chi connectivity index (χ4v) is 4.43. The highest BCUT2D eigenvalue weighted by Crippen LogP contribution is 2.32. The summed E-state index contributed by atoms with van der Waals surface area (Å²) in [7, 11) is 0. The van der Waals surface area contributed by atoms with Crippen LogP contribution in [0, 0.1) is 11.2 Å². The maximum Gasteiger partial charge on any atom is 0.158 e. The molecule has 0 amide bonds. The number of ether oxygens (including phenoxy) is 2. The molecule has 0 radical (unpaired) electrons. The first-order valence-corrected chi connectivity index (χ1v) is 11.6. The molecule has 3 aromatic carbocycles. The number of nitrogens with two attached hydrogens (primary N) is 1. The lowest BCUT2D eigenvalue weighted by atomic mass is 10.2. The Kier molecular flexibility index (Phi) is 5.49. The van der Waals surface area contributed by atoms with E-state index in [1.54, 1.807) is 12.1 Å². The summed E-state index contributed by atoms with van der Waals surface area (Å²) in [6.07, 6.45) is 0.381. The number of nitrogens with zero attached hydrogens (tertiary/aromatic N) is 3. The Bertz CT molecular complexity index is 1590. The number of anilines is 1. The van der Waals surface area contributed by atoms with E-state index in [-0.39, 0.29) is 5.84 Å². The molecule has 36 heavy (non-hydrogen) atoms. The summed E-state index contributed by atoms with van der Waals surface area (Å²) in [5, 5.41) is 7.62. The number of aromatic nitrogens is 4. The predicted octanol–water partition coefficient (Wildman–Crippen LogP) is 4.08. The lowest BCUT2D eigenvalue weighted by molar-refractivity contribution is 0.122. The van der Waals surface area contributed by atoms with Crippen molar-refractivity contribution in [3.8, 4) is 11.5 Å². The molecule has 5 N–H and O–H groups in total. The van der Waals surface area contributed by atoms with Gasteiger partial charge in [0.25, 0.3) is 0 Å². The molecule has 5 aromatic rings. The van der Waals surface area contributed by atoms with Crippen LogP contribution in [0.25, 0.3) is 22.1 Å².